The summed E-state index contributed by atoms with van der Waals surface area (Å²) in [6, 6.07) is 14.5. The fourth-order valence-electron chi connectivity index (χ4n) is 2.36. The molecule has 1 N–H and O–H groups in total. The third-order valence-corrected chi connectivity index (χ3v) is 3.31. The van der Waals surface area contributed by atoms with Crippen molar-refractivity contribution in [1.29, 1.82) is 5.26 Å². The van der Waals surface area contributed by atoms with Gasteiger partial charge in [-0.05, 0) is 43.8 Å². The summed E-state index contributed by atoms with van der Waals surface area (Å²) in [5.74, 6) is -0.289. The number of para-hydroxylation sites is 1. The van der Waals surface area contributed by atoms with Crippen molar-refractivity contribution in [3.8, 4) is 6.07 Å². The number of benzene rings is 2. The smallest absolute Gasteiger partial charge is 0.146 e. The molecule has 0 aromatic heterocycles. The van der Waals surface area contributed by atoms with Crippen LogP contribution in [0.3, 0.4) is 0 Å². The van der Waals surface area contributed by atoms with E-state index in [9.17, 15) is 9.65 Å². The molecular formula is C17H18FN3. The molecule has 0 heterocycles. The normalized spacial score (nSPS) is 10.2. The van der Waals surface area contributed by atoms with Crippen molar-refractivity contribution in [1.82, 2.24) is 5.32 Å². The Labute approximate surface area is 124 Å². The van der Waals surface area contributed by atoms with Crippen LogP contribution in [0.5, 0.6) is 0 Å². The lowest BCUT2D eigenvalue weighted by Crippen LogP contribution is -2.19. The van der Waals surface area contributed by atoms with Crippen molar-refractivity contribution in [2.75, 3.05) is 18.5 Å². The van der Waals surface area contributed by atoms with E-state index in [2.05, 4.69) is 11.4 Å². The number of halogens is 1. The molecule has 2 aromatic carbocycles. The summed E-state index contributed by atoms with van der Waals surface area (Å²) in [6.45, 7) is 3.22. The zero-order chi connectivity index (χ0) is 15.2. The molecule has 0 amide bonds. The van der Waals surface area contributed by atoms with E-state index in [-0.39, 0.29) is 5.82 Å². The molecule has 0 radical (unpaired) electrons. The summed E-state index contributed by atoms with van der Waals surface area (Å²) in [7, 11) is 1.86. The zero-order valence-corrected chi connectivity index (χ0v) is 12.2. The van der Waals surface area contributed by atoms with Gasteiger partial charge in [0, 0.05) is 13.1 Å². The molecule has 0 saturated carbocycles. The van der Waals surface area contributed by atoms with Crippen LogP contribution >= 0.6 is 0 Å². The quantitative estimate of drug-likeness (QED) is 0.911. The van der Waals surface area contributed by atoms with Gasteiger partial charge in [0.2, 0.25) is 0 Å². The minimum absolute atomic E-state index is 0.289. The van der Waals surface area contributed by atoms with Crippen LogP contribution < -0.4 is 10.2 Å². The highest BCUT2D eigenvalue weighted by molar-refractivity contribution is 5.70. The number of anilines is 2. The van der Waals surface area contributed by atoms with E-state index in [0.29, 0.717) is 24.3 Å². The number of hydrogen-bond acceptors (Lipinski definition) is 3. The maximum Gasteiger partial charge on any atom is 0.146 e. The first kappa shape index (κ1) is 15.0. The minimum atomic E-state index is -0.289. The highest BCUT2D eigenvalue weighted by atomic mass is 19.1. The fraction of sp³-hybridized carbons (Fsp3) is 0.235. The molecular weight excluding hydrogens is 265 g/mol. The lowest BCUT2D eigenvalue weighted by atomic mass is 10.1. The second-order valence-electron chi connectivity index (χ2n) is 4.69. The van der Waals surface area contributed by atoms with Crippen LogP contribution in [0.1, 0.15) is 18.1 Å². The maximum absolute atomic E-state index is 14.0. The second-order valence-corrected chi connectivity index (χ2v) is 4.69. The molecule has 0 aliphatic heterocycles. The molecule has 108 valence electrons. The molecule has 0 bridgehead atoms. The highest BCUT2D eigenvalue weighted by Gasteiger charge is 2.15. The Morgan fingerprint density at radius 2 is 1.95 bits per heavy atom. The number of rotatable bonds is 5. The Bertz CT molecular complexity index is 661. The Kier molecular flexibility index (Phi) is 4.91. The van der Waals surface area contributed by atoms with Gasteiger partial charge in [0.05, 0.1) is 16.9 Å². The first-order valence-electron chi connectivity index (χ1n) is 6.91. The topological polar surface area (TPSA) is 39.1 Å². The molecule has 4 heteroatoms. The van der Waals surface area contributed by atoms with Crippen molar-refractivity contribution in [3.05, 3.63) is 59.4 Å². The molecule has 21 heavy (non-hydrogen) atoms. The van der Waals surface area contributed by atoms with Crippen molar-refractivity contribution >= 4 is 11.4 Å². The lowest BCUT2D eigenvalue weighted by molar-refractivity contribution is 0.625. The van der Waals surface area contributed by atoms with E-state index >= 15 is 0 Å². The van der Waals surface area contributed by atoms with Crippen LogP contribution in [0.15, 0.2) is 42.5 Å². The Balaban J connectivity index is 2.48. The minimum Gasteiger partial charge on any atom is -0.338 e. The van der Waals surface area contributed by atoms with E-state index in [0.717, 1.165) is 11.3 Å². The van der Waals surface area contributed by atoms with Crippen LogP contribution in [0.25, 0.3) is 0 Å². The van der Waals surface area contributed by atoms with Gasteiger partial charge in [-0.2, -0.15) is 5.26 Å². The van der Waals surface area contributed by atoms with E-state index in [1.807, 2.05) is 37.1 Å². The monoisotopic (exact) mass is 283 g/mol. The fourth-order valence-corrected chi connectivity index (χ4v) is 2.36. The third kappa shape index (κ3) is 3.21. The Morgan fingerprint density at radius 3 is 2.57 bits per heavy atom. The predicted molar refractivity (Wildman–Crippen MR) is 83.0 cm³/mol. The average molecular weight is 283 g/mol. The first-order valence-corrected chi connectivity index (χ1v) is 6.91. The van der Waals surface area contributed by atoms with Gasteiger partial charge in [-0.15, -0.1) is 0 Å². The summed E-state index contributed by atoms with van der Waals surface area (Å²) in [5.41, 5.74) is 2.79. The van der Waals surface area contributed by atoms with Crippen LogP contribution in [-0.4, -0.2) is 13.6 Å². The molecule has 2 rings (SSSR count). The second kappa shape index (κ2) is 6.87. The van der Waals surface area contributed by atoms with Gasteiger partial charge in [-0.25, -0.2) is 4.39 Å². The molecule has 0 aliphatic rings. The summed E-state index contributed by atoms with van der Waals surface area (Å²) in [4.78, 5) is 1.82. The molecule has 0 atom stereocenters. The lowest BCUT2D eigenvalue weighted by Gasteiger charge is -2.25. The van der Waals surface area contributed by atoms with Crippen molar-refractivity contribution in [2.45, 2.75) is 13.5 Å². The van der Waals surface area contributed by atoms with Gasteiger partial charge in [-0.3, -0.25) is 0 Å². The molecule has 0 spiro atoms. The van der Waals surface area contributed by atoms with E-state index in [1.165, 1.54) is 6.07 Å². The van der Waals surface area contributed by atoms with Gasteiger partial charge >= 0.3 is 0 Å². The summed E-state index contributed by atoms with van der Waals surface area (Å²) in [6.07, 6.45) is 0. The molecule has 0 saturated heterocycles. The Hall–Kier alpha value is -2.38. The molecule has 0 fully saturated rings. The largest absolute Gasteiger partial charge is 0.338 e. The van der Waals surface area contributed by atoms with Gasteiger partial charge in [0.15, 0.2) is 0 Å². The Morgan fingerprint density at radius 1 is 1.19 bits per heavy atom. The van der Waals surface area contributed by atoms with Gasteiger partial charge < -0.3 is 10.2 Å². The summed E-state index contributed by atoms with van der Waals surface area (Å²) in [5, 5.41) is 12.4. The summed E-state index contributed by atoms with van der Waals surface area (Å²) >= 11 is 0. The van der Waals surface area contributed by atoms with Gasteiger partial charge in [0.25, 0.3) is 0 Å². The number of nitrogens with zero attached hydrogens (tertiary/aromatic N) is 2. The van der Waals surface area contributed by atoms with E-state index in [1.54, 1.807) is 18.2 Å². The van der Waals surface area contributed by atoms with Crippen LogP contribution in [0, 0.1) is 17.1 Å². The van der Waals surface area contributed by atoms with Gasteiger partial charge in [-0.1, -0.05) is 18.2 Å². The standard InChI is InChI=1S/C17H18FN3/c1-3-21(17-7-5-4-6-15(17)18)16-9-8-13(12-20-2)10-14(16)11-19/h4-10,20H,3,12H2,1-2H3. The van der Waals surface area contributed by atoms with Crippen LogP contribution in [-0.2, 0) is 6.54 Å². The van der Waals surface area contributed by atoms with Crippen LogP contribution in [0.2, 0.25) is 0 Å². The van der Waals surface area contributed by atoms with E-state index < -0.39 is 0 Å². The number of nitriles is 1. The maximum atomic E-state index is 14.0. The molecule has 3 nitrogen and oxygen atoms in total. The number of nitrogens with one attached hydrogen (secondary N) is 1. The van der Waals surface area contributed by atoms with Crippen molar-refractivity contribution in [2.24, 2.45) is 0 Å². The number of hydrogen-bond donors (Lipinski definition) is 1. The highest BCUT2D eigenvalue weighted by Crippen LogP contribution is 2.30. The van der Waals surface area contributed by atoms with Gasteiger partial charge in [0.1, 0.15) is 11.9 Å². The molecule has 2 aromatic rings. The zero-order valence-electron chi connectivity index (χ0n) is 12.2. The predicted octanol–water partition coefficient (Wildman–Crippen LogP) is 3.57. The third-order valence-electron chi connectivity index (χ3n) is 3.31. The van der Waals surface area contributed by atoms with Crippen LogP contribution in [0.4, 0.5) is 15.8 Å². The van der Waals surface area contributed by atoms with Crippen molar-refractivity contribution in [3.63, 3.8) is 0 Å². The first-order chi connectivity index (χ1) is 10.2. The molecule has 0 aliphatic carbocycles. The summed E-state index contributed by atoms with van der Waals surface area (Å²) < 4.78 is 14.0. The SMILES string of the molecule is CCN(c1ccccc1F)c1ccc(CNC)cc1C#N. The average Bonchev–Trinajstić information content (AvgIpc) is 2.51. The van der Waals surface area contributed by atoms with E-state index in [4.69, 9.17) is 0 Å². The van der Waals surface area contributed by atoms with Crippen molar-refractivity contribution < 1.29 is 4.39 Å². The molecule has 0 unspecified atom stereocenters.